The van der Waals surface area contributed by atoms with E-state index in [1.807, 2.05) is 0 Å². The molecule has 0 heterocycles. The maximum Gasteiger partial charge on any atom is -0.0351 e. The van der Waals surface area contributed by atoms with E-state index in [1.54, 1.807) is 0 Å². The number of rotatable bonds is 24. The van der Waals surface area contributed by atoms with Gasteiger partial charge < -0.3 is 0 Å². The molecule has 0 amide bonds. The maximum absolute atomic E-state index is 2.61. The van der Waals surface area contributed by atoms with Crippen molar-refractivity contribution in [3.8, 4) is 0 Å². The standard InChI is InChI=1S/C36H72/c1-11-14-16-17-18-27-36(28-33(8)34(9)31(6)26-21-24-29(4)13-3)35(10)32(7)25-20-19-23-30(5)22-15-12-2/h11,14,29-36H,12-13,15-28H2,1-10H3. The van der Waals surface area contributed by atoms with Crippen molar-refractivity contribution in [2.24, 2.45) is 47.3 Å². The van der Waals surface area contributed by atoms with Crippen LogP contribution in [-0.4, -0.2) is 0 Å². The highest BCUT2D eigenvalue weighted by Gasteiger charge is 2.27. The van der Waals surface area contributed by atoms with Crippen molar-refractivity contribution in [3.05, 3.63) is 12.2 Å². The first-order valence-electron chi connectivity index (χ1n) is 16.8. The summed E-state index contributed by atoms with van der Waals surface area (Å²) in [6.45, 7) is 24.6. The van der Waals surface area contributed by atoms with Gasteiger partial charge >= 0.3 is 0 Å². The number of unbranched alkanes of at least 4 members (excludes halogenated alkanes) is 4. The molecule has 8 atom stereocenters. The maximum atomic E-state index is 2.61. The molecule has 0 spiro atoms. The lowest BCUT2D eigenvalue weighted by Gasteiger charge is -2.34. The van der Waals surface area contributed by atoms with Crippen LogP contribution in [-0.2, 0) is 0 Å². The molecule has 0 fully saturated rings. The Hall–Kier alpha value is -0.260. The highest BCUT2D eigenvalue weighted by atomic mass is 14.3. The molecule has 0 rings (SSSR count). The zero-order chi connectivity index (χ0) is 27.3. The van der Waals surface area contributed by atoms with Gasteiger partial charge in [0.2, 0.25) is 0 Å². The fourth-order valence-corrected chi connectivity index (χ4v) is 6.32. The van der Waals surface area contributed by atoms with Gasteiger partial charge in [-0.1, -0.05) is 158 Å². The highest BCUT2D eigenvalue weighted by molar-refractivity contribution is 4.80. The van der Waals surface area contributed by atoms with E-state index < -0.39 is 0 Å². The van der Waals surface area contributed by atoms with E-state index in [1.165, 1.54) is 103 Å². The largest absolute Gasteiger partial charge is 0.0917 e. The molecular weight excluding hydrogens is 432 g/mol. The van der Waals surface area contributed by atoms with Crippen molar-refractivity contribution in [1.29, 1.82) is 0 Å². The molecule has 0 saturated heterocycles. The van der Waals surface area contributed by atoms with Crippen LogP contribution in [0.4, 0.5) is 0 Å². The molecule has 0 aromatic heterocycles. The summed E-state index contributed by atoms with van der Waals surface area (Å²) in [5, 5.41) is 0. The predicted molar refractivity (Wildman–Crippen MR) is 168 cm³/mol. The molecule has 0 aromatic carbocycles. The number of hydrogen-bond donors (Lipinski definition) is 0. The summed E-state index contributed by atoms with van der Waals surface area (Å²) in [7, 11) is 0. The molecule has 0 aliphatic rings. The Labute approximate surface area is 231 Å². The molecule has 0 aromatic rings. The van der Waals surface area contributed by atoms with Crippen molar-refractivity contribution in [1.82, 2.24) is 0 Å². The van der Waals surface area contributed by atoms with Gasteiger partial charge in [0.25, 0.3) is 0 Å². The Morgan fingerprint density at radius 3 is 1.72 bits per heavy atom. The second-order valence-electron chi connectivity index (χ2n) is 13.5. The molecular formula is C36H72. The fraction of sp³-hybridized carbons (Fsp3) is 0.944. The van der Waals surface area contributed by atoms with Crippen molar-refractivity contribution < 1.29 is 0 Å². The highest BCUT2D eigenvalue weighted by Crippen LogP contribution is 2.37. The van der Waals surface area contributed by atoms with Crippen LogP contribution in [0.15, 0.2) is 12.2 Å². The van der Waals surface area contributed by atoms with Gasteiger partial charge in [-0.05, 0) is 73.5 Å². The topological polar surface area (TPSA) is 0 Å². The van der Waals surface area contributed by atoms with Crippen LogP contribution in [0.3, 0.4) is 0 Å². The molecule has 0 bridgehead atoms. The van der Waals surface area contributed by atoms with E-state index in [0.29, 0.717) is 0 Å². The van der Waals surface area contributed by atoms with E-state index in [2.05, 4.69) is 81.4 Å². The molecule has 0 saturated carbocycles. The van der Waals surface area contributed by atoms with Gasteiger partial charge in [-0.15, -0.1) is 0 Å². The summed E-state index contributed by atoms with van der Waals surface area (Å²) >= 11 is 0. The van der Waals surface area contributed by atoms with Gasteiger partial charge in [-0.2, -0.15) is 0 Å². The Morgan fingerprint density at radius 2 is 1.08 bits per heavy atom. The molecule has 0 N–H and O–H groups in total. The van der Waals surface area contributed by atoms with Crippen LogP contribution in [0.25, 0.3) is 0 Å². The van der Waals surface area contributed by atoms with Crippen molar-refractivity contribution in [2.45, 2.75) is 172 Å². The van der Waals surface area contributed by atoms with Crippen molar-refractivity contribution in [3.63, 3.8) is 0 Å². The Morgan fingerprint density at radius 1 is 0.528 bits per heavy atom. The van der Waals surface area contributed by atoms with E-state index in [4.69, 9.17) is 0 Å². The van der Waals surface area contributed by atoms with E-state index in [0.717, 1.165) is 47.3 Å². The third kappa shape index (κ3) is 17.3. The summed E-state index contributed by atoms with van der Waals surface area (Å²) < 4.78 is 0. The second-order valence-corrected chi connectivity index (χ2v) is 13.5. The monoisotopic (exact) mass is 505 g/mol. The first kappa shape index (κ1) is 35.7. The van der Waals surface area contributed by atoms with Gasteiger partial charge in [0.15, 0.2) is 0 Å². The first-order valence-corrected chi connectivity index (χ1v) is 16.8. The average molecular weight is 505 g/mol. The van der Waals surface area contributed by atoms with Crippen LogP contribution in [0.1, 0.15) is 172 Å². The molecule has 0 aliphatic carbocycles. The lowest BCUT2D eigenvalue weighted by Crippen LogP contribution is -2.25. The minimum atomic E-state index is 0.846. The zero-order valence-electron chi connectivity index (χ0n) is 27.1. The minimum Gasteiger partial charge on any atom is -0.0917 e. The normalized spacial score (nSPS) is 19.1. The van der Waals surface area contributed by atoms with Gasteiger partial charge in [0.05, 0.1) is 0 Å². The molecule has 0 radical (unpaired) electrons. The Balaban J connectivity index is 4.81. The van der Waals surface area contributed by atoms with Crippen molar-refractivity contribution >= 4 is 0 Å². The quantitative estimate of drug-likeness (QED) is 0.0905. The first-order chi connectivity index (χ1) is 17.2. The third-order valence-electron chi connectivity index (χ3n) is 10.3. The smallest absolute Gasteiger partial charge is 0.0351 e. The van der Waals surface area contributed by atoms with Gasteiger partial charge in [0.1, 0.15) is 0 Å². The lowest BCUT2D eigenvalue weighted by molar-refractivity contribution is 0.156. The minimum absolute atomic E-state index is 0.846. The molecule has 0 aliphatic heterocycles. The SMILES string of the molecule is CC=CCCCCC(CC(C)C(C)C(C)CCCC(C)CC)C(C)C(C)CCCCC(C)CCCC. The Bertz CT molecular complexity index is 490. The summed E-state index contributed by atoms with van der Waals surface area (Å²) in [6.07, 6.45) is 27.1. The predicted octanol–water partition coefficient (Wildman–Crippen LogP) is 12.9. The van der Waals surface area contributed by atoms with Crippen LogP contribution in [0.5, 0.6) is 0 Å². The van der Waals surface area contributed by atoms with Gasteiger partial charge in [-0.25, -0.2) is 0 Å². The van der Waals surface area contributed by atoms with E-state index in [-0.39, 0.29) is 0 Å². The van der Waals surface area contributed by atoms with Crippen LogP contribution in [0, 0.1) is 47.3 Å². The third-order valence-corrected chi connectivity index (χ3v) is 10.3. The molecule has 8 unspecified atom stereocenters. The lowest BCUT2D eigenvalue weighted by atomic mass is 9.71. The van der Waals surface area contributed by atoms with E-state index in [9.17, 15) is 0 Å². The second kappa shape index (κ2) is 22.7. The van der Waals surface area contributed by atoms with E-state index >= 15 is 0 Å². The van der Waals surface area contributed by atoms with Gasteiger partial charge in [0, 0.05) is 0 Å². The summed E-state index contributed by atoms with van der Waals surface area (Å²) in [5.41, 5.74) is 0. The number of hydrogen-bond acceptors (Lipinski definition) is 0. The van der Waals surface area contributed by atoms with Crippen LogP contribution in [0.2, 0.25) is 0 Å². The number of allylic oxidation sites excluding steroid dienone is 2. The van der Waals surface area contributed by atoms with Crippen LogP contribution < -0.4 is 0 Å². The van der Waals surface area contributed by atoms with Gasteiger partial charge in [-0.3, -0.25) is 0 Å². The summed E-state index contributed by atoms with van der Waals surface area (Å²) in [6, 6.07) is 0. The molecule has 36 heavy (non-hydrogen) atoms. The van der Waals surface area contributed by atoms with Crippen molar-refractivity contribution in [2.75, 3.05) is 0 Å². The summed E-state index contributed by atoms with van der Waals surface area (Å²) in [5.74, 6) is 7.01. The Kier molecular flexibility index (Phi) is 22.5. The summed E-state index contributed by atoms with van der Waals surface area (Å²) in [4.78, 5) is 0. The molecule has 216 valence electrons. The fourth-order valence-electron chi connectivity index (χ4n) is 6.32. The molecule has 0 nitrogen and oxygen atoms in total. The average Bonchev–Trinajstić information content (AvgIpc) is 2.87. The molecule has 0 heteroatoms. The zero-order valence-corrected chi connectivity index (χ0v) is 27.1. The van der Waals surface area contributed by atoms with Crippen LogP contribution >= 0.6 is 0 Å².